The Morgan fingerprint density at radius 1 is 1.08 bits per heavy atom. The molecule has 7 heteroatoms. The molecule has 2 aromatic carbocycles. The predicted molar refractivity (Wildman–Crippen MR) is 96.5 cm³/mol. The normalized spacial score (nSPS) is 17.1. The van der Waals surface area contributed by atoms with Gasteiger partial charge in [-0.1, -0.05) is 18.2 Å². The van der Waals surface area contributed by atoms with E-state index in [1.165, 1.54) is 35.6 Å². The van der Waals surface area contributed by atoms with Gasteiger partial charge in [0.25, 0.3) is 10.0 Å². The van der Waals surface area contributed by atoms with Crippen molar-refractivity contribution in [3.8, 4) is 0 Å². The van der Waals surface area contributed by atoms with E-state index < -0.39 is 22.1 Å². The molecule has 1 atom stereocenters. The molecule has 0 aromatic heterocycles. The Kier molecular flexibility index (Phi) is 5.08. The average molecular weight is 373 g/mol. The summed E-state index contributed by atoms with van der Waals surface area (Å²) >= 11 is 0. The number of para-hydroxylation sites is 1. The van der Waals surface area contributed by atoms with Crippen LogP contribution >= 0.6 is 0 Å². The molecule has 1 aliphatic rings. The Morgan fingerprint density at radius 2 is 1.73 bits per heavy atom. The summed E-state index contributed by atoms with van der Waals surface area (Å²) in [4.78, 5) is 23.8. The molecule has 0 N–H and O–H groups in total. The van der Waals surface area contributed by atoms with Crippen molar-refractivity contribution in [1.82, 2.24) is 0 Å². The zero-order valence-corrected chi connectivity index (χ0v) is 15.1. The number of carbonyl (C=O) groups is 2. The van der Waals surface area contributed by atoms with Gasteiger partial charge in [0.2, 0.25) is 0 Å². The van der Waals surface area contributed by atoms with Crippen LogP contribution in [0, 0.1) is 0 Å². The second-order valence-corrected chi connectivity index (χ2v) is 8.05. The molecule has 0 aliphatic heterocycles. The molecule has 0 radical (unpaired) electrons. The molecule has 1 saturated carbocycles. The summed E-state index contributed by atoms with van der Waals surface area (Å²) in [5.41, 5.74) is 0.752. The van der Waals surface area contributed by atoms with Crippen LogP contribution in [-0.2, 0) is 19.6 Å². The van der Waals surface area contributed by atoms with E-state index in [1.54, 1.807) is 30.3 Å². The van der Waals surface area contributed by atoms with Crippen molar-refractivity contribution in [1.29, 1.82) is 0 Å². The molecule has 1 aliphatic carbocycles. The molecule has 1 fully saturated rings. The number of sulfonamides is 1. The molecular formula is C19H19NO5S. The van der Waals surface area contributed by atoms with Crippen LogP contribution in [0.4, 0.5) is 5.69 Å². The zero-order chi connectivity index (χ0) is 18.7. The Labute approximate surface area is 152 Å². The summed E-state index contributed by atoms with van der Waals surface area (Å²) < 4.78 is 31.8. The lowest BCUT2D eigenvalue weighted by atomic mass is 10.2. The number of nitrogens with zero attached hydrogens (tertiary/aromatic N) is 1. The fourth-order valence-electron chi connectivity index (χ4n) is 2.80. The summed E-state index contributed by atoms with van der Waals surface area (Å²) in [5.74, 6) is -0.687. The second kappa shape index (κ2) is 7.29. The van der Waals surface area contributed by atoms with Crippen LogP contribution in [0.15, 0.2) is 59.5 Å². The van der Waals surface area contributed by atoms with Crippen LogP contribution in [-0.4, -0.2) is 33.3 Å². The molecule has 0 bridgehead atoms. The fourth-order valence-corrected chi connectivity index (χ4v) is 4.00. The van der Waals surface area contributed by atoms with Crippen molar-refractivity contribution >= 4 is 27.5 Å². The molecular weight excluding hydrogens is 354 g/mol. The molecule has 0 amide bonds. The number of hydrogen-bond donors (Lipinski definition) is 0. The molecule has 0 saturated heterocycles. The van der Waals surface area contributed by atoms with E-state index in [4.69, 9.17) is 4.74 Å². The van der Waals surface area contributed by atoms with Gasteiger partial charge in [-0.3, -0.25) is 9.10 Å². The first kappa shape index (κ1) is 18.1. The summed E-state index contributed by atoms with van der Waals surface area (Å²) in [7, 11) is -2.27. The van der Waals surface area contributed by atoms with E-state index in [1.807, 2.05) is 0 Å². The largest absolute Gasteiger partial charge is 0.451 e. The van der Waals surface area contributed by atoms with Gasteiger partial charge in [0, 0.05) is 13.5 Å². The predicted octanol–water partition coefficient (Wildman–Crippen LogP) is 2.79. The zero-order valence-electron chi connectivity index (χ0n) is 14.3. The minimum absolute atomic E-state index is 0.0670. The van der Waals surface area contributed by atoms with E-state index in [0.717, 1.165) is 6.42 Å². The Bertz CT molecular complexity index is 907. The van der Waals surface area contributed by atoms with Crippen molar-refractivity contribution in [2.45, 2.75) is 30.3 Å². The van der Waals surface area contributed by atoms with Gasteiger partial charge in [-0.2, -0.15) is 0 Å². The van der Waals surface area contributed by atoms with Gasteiger partial charge in [0.1, 0.15) is 0 Å². The van der Waals surface area contributed by atoms with Crippen molar-refractivity contribution in [3.05, 3.63) is 60.2 Å². The molecule has 0 spiro atoms. The van der Waals surface area contributed by atoms with Gasteiger partial charge in [-0.05, 0) is 49.2 Å². The minimum atomic E-state index is -3.74. The lowest BCUT2D eigenvalue weighted by Gasteiger charge is -2.19. The highest BCUT2D eigenvalue weighted by molar-refractivity contribution is 7.92. The third kappa shape index (κ3) is 3.62. The quantitative estimate of drug-likeness (QED) is 0.753. The van der Waals surface area contributed by atoms with Gasteiger partial charge >= 0.3 is 5.97 Å². The van der Waals surface area contributed by atoms with E-state index in [9.17, 15) is 18.0 Å². The Balaban J connectivity index is 1.76. The van der Waals surface area contributed by atoms with Gasteiger partial charge in [0.15, 0.2) is 11.9 Å². The van der Waals surface area contributed by atoms with E-state index in [0.29, 0.717) is 18.5 Å². The number of rotatable bonds is 5. The van der Waals surface area contributed by atoms with Gasteiger partial charge in [0.05, 0.1) is 16.1 Å². The maximum Gasteiger partial charge on any atom is 0.338 e. The highest BCUT2D eigenvalue weighted by Crippen LogP contribution is 2.23. The monoisotopic (exact) mass is 373 g/mol. The maximum absolute atomic E-state index is 12.7. The number of ketones is 1. The molecule has 0 heterocycles. The maximum atomic E-state index is 12.7. The summed E-state index contributed by atoms with van der Waals surface area (Å²) in [6.07, 6.45) is 1.01. The molecule has 2 aromatic rings. The first-order chi connectivity index (χ1) is 12.4. The number of anilines is 1. The number of carbonyl (C=O) groups excluding carboxylic acids is 2. The first-order valence-corrected chi connectivity index (χ1v) is 9.71. The minimum Gasteiger partial charge on any atom is -0.451 e. The van der Waals surface area contributed by atoms with Crippen molar-refractivity contribution in [2.75, 3.05) is 11.4 Å². The highest BCUT2D eigenvalue weighted by Gasteiger charge is 2.28. The van der Waals surface area contributed by atoms with Crippen molar-refractivity contribution in [3.63, 3.8) is 0 Å². The van der Waals surface area contributed by atoms with Crippen molar-refractivity contribution < 1.29 is 22.7 Å². The van der Waals surface area contributed by atoms with E-state index in [-0.39, 0.29) is 16.2 Å². The Hall–Kier alpha value is -2.67. The van der Waals surface area contributed by atoms with Crippen LogP contribution in [0.1, 0.15) is 29.6 Å². The van der Waals surface area contributed by atoms with Gasteiger partial charge in [-0.25, -0.2) is 13.2 Å². The number of Topliss-reactive ketones (excluding diaryl/α,β-unsaturated/α-hetero) is 1. The smallest absolute Gasteiger partial charge is 0.338 e. The average Bonchev–Trinajstić information content (AvgIpc) is 3.06. The third-order valence-corrected chi connectivity index (χ3v) is 6.17. The summed E-state index contributed by atoms with van der Waals surface area (Å²) in [6, 6.07) is 14.2. The third-order valence-electron chi connectivity index (χ3n) is 4.37. The lowest BCUT2D eigenvalue weighted by Crippen LogP contribution is -2.26. The second-order valence-electron chi connectivity index (χ2n) is 6.08. The Morgan fingerprint density at radius 3 is 2.31 bits per heavy atom. The van der Waals surface area contributed by atoms with E-state index >= 15 is 0 Å². The molecule has 136 valence electrons. The molecule has 6 nitrogen and oxygen atoms in total. The molecule has 3 rings (SSSR count). The van der Waals surface area contributed by atoms with Crippen LogP contribution in [0.25, 0.3) is 0 Å². The van der Waals surface area contributed by atoms with Crippen LogP contribution in [0.3, 0.4) is 0 Å². The summed E-state index contributed by atoms with van der Waals surface area (Å²) in [5, 5.41) is 0. The van der Waals surface area contributed by atoms with Gasteiger partial charge in [-0.15, -0.1) is 0 Å². The van der Waals surface area contributed by atoms with Crippen LogP contribution in [0.2, 0.25) is 0 Å². The van der Waals surface area contributed by atoms with Crippen LogP contribution < -0.4 is 4.31 Å². The number of esters is 1. The first-order valence-electron chi connectivity index (χ1n) is 8.27. The topological polar surface area (TPSA) is 80.8 Å². The fraction of sp³-hybridized carbons (Fsp3) is 0.263. The number of ether oxygens (including phenoxy) is 1. The summed E-state index contributed by atoms with van der Waals surface area (Å²) in [6.45, 7) is 0. The lowest BCUT2D eigenvalue weighted by molar-refractivity contribution is -0.124. The standard InChI is InChI=1S/C19H19NO5S/c1-20(15-6-3-2-4-7-15)26(23,24)16-12-10-14(11-13-16)19(22)25-18-9-5-8-17(18)21/h2-4,6-7,10-13,18H,5,8-9H2,1H3/t18-/m1/s1. The van der Waals surface area contributed by atoms with E-state index in [2.05, 4.69) is 0 Å². The molecule has 0 unspecified atom stereocenters. The van der Waals surface area contributed by atoms with Gasteiger partial charge < -0.3 is 4.74 Å². The van der Waals surface area contributed by atoms with Crippen molar-refractivity contribution in [2.24, 2.45) is 0 Å². The molecule has 26 heavy (non-hydrogen) atoms. The SMILES string of the molecule is CN(c1ccccc1)S(=O)(=O)c1ccc(C(=O)O[C@@H]2CCCC2=O)cc1. The number of benzene rings is 2. The van der Waals surface area contributed by atoms with Crippen LogP contribution in [0.5, 0.6) is 0 Å². The number of hydrogen-bond acceptors (Lipinski definition) is 5. The highest BCUT2D eigenvalue weighted by atomic mass is 32.2.